The lowest BCUT2D eigenvalue weighted by molar-refractivity contribution is -0.274. The third-order valence-corrected chi connectivity index (χ3v) is 4.27. The molecular weight excluding hydrogens is 431 g/mol. The number of pyridine rings is 1. The molecule has 1 N–H and O–H groups in total. The van der Waals surface area contributed by atoms with Gasteiger partial charge in [0, 0.05) is 35.2 Å². The van der Waals surface area contributed by atoms with E-state index in [1.807, 2.05) is 0 Å². The summed E-state index contributed by atoms with van der Waals surface area (Å²) in [6, 6.07) is 5.94. The Morgan fingerprint density at radius 3 is 2.78 bits per heavy atom. The van der Waals surface area contributed by atoms with Crippen LogP contribution in [0.25, 0.3) is 0 Å². The van der Waals surface area contributed by atoms with Crippen molar-refractivity contribution in [1.82, 2.24) is 10.3 Å². The Morgan fingerprint density at radius 2 is 2.07 bits per heavy atom. The minimum absolute atomic E-state index is 0.260. The average Bonchev–Trinajstić information content (AvgIpc) is 2.94. The number of amides is 2. The molecule has 2 heterocycles. The monoisotopic (exact) mass is 443 g/mol. The second kappa shape index (κ2) is 7.55. The van der Waals surface area contributed by atoms with Gasteiger partial charge in [-0.3, -0.25) is 14.6 Å². The zero-order valence-corrected chi connectivity index (χ0v) is 15.3. The second-order valence-electron chi connectivity index (χ2n) is 5.74. The van der Waals surface area contributed by atoms with Crippen molar-refractivity contribution in [3.05, 3.63) is 52.8 Å². The molecule has 1 aliphatic heterocycles. The molecule has 10 heteroatoms. The number of benzene rings is 1. The van der Waals surface area contributed by atoms with Crippen LogP contribution in [0.15, 0.2) is 47.2 Å². The predicted octanol–water partition coefficient (Wildman–Crippen LogP) is 3.28. The topological polar surface area (TPSA) is 71.5 Å². The summed E-state index contributed by atoms with van der Waals surface area (Å²) in [5.74, 6) is -1.28. The van der Waals surface area contributed by atoms with Gasteiger partial charge in [0.1, 0.15) is 11.8 Å². The number of halogens is 4. The first-order valence-corrected chi connectivity index (χ1v) is 8.61. The fraction of sp³-hybridized carbons (Fsp3) is 0.235. The molecule has 2 amide bonds. The molecule has 0 bridgehead atoms. The van der Waals surface area contributed by atoms with Crippen molar-refractivity contribution in [3.63, 3.8) is 0 Å². The molecule has 142 valence electrons. The van der Waals surface area contributed by atoms with Crippen LogP contribution in [0.4, 0.5) is 18.9 Å². The van der Waals surface area contributed by atoms with E-state index in [4.69, 9.17) is 0 Å². The molecule has 6 nitrogen and oxygen atoms in total. The second-order valence-corrected chi connectivity index (χ2v) is 6.66. The van der Waals surface area contributed by atoms with Gasteiger partial charge in [-0.1, -0.05) is 6.07 Å². The predicted molar refractivity (Wildman–Crippen MR) is 93.3 cm³/mol. The fourth-order valence-corrected chi connectivity index (χ4v) is 3.06. The van der Waals surface area contributed by atoms with E-state index in [-0.39, 0.29) is 17.8 Å². The van der Waals surface area contributed by atoms with Crippen LogP contribution in [0.1, 0.15) is 16.8 Å². The van der Waals surface area contributed by atoms with E-state index < -0.39 is 30.0 Å². The number of hydrogen-bond acceptors (Lipinski definition) is 4. The highest BCUT2D eigenvalue weighted by Gasteiger charge is 2.35. The Balaban J connectivity index is 1.70. The molecule has 1 aromatic carbocycles. The number of nitrogens with zero attached hydrogens (tertiary/aromatic N) is 2. The van der Waals surface area contributed by atoms with Crippen molar-refractivity contribution in [2.45, 2.75) is 18.8 Å². The zero-order valence-electron chi connectivity index (χ0n) is 13.7. The number of ether oxygens (including phenoxy) is 1. The molecule has 0 saturated carbocycles. The Hall–Kier alpha value is -2.62. The van der Waals surface area contributed by atoms with Crippen LogP contribution in [-0.4, -0.2) is 35.7 Å². The average molecular weight is 444 g/mol. The van der Waals surface area contributed by atoms with Gasteiger partial charge in [0.15, 0.2) is 0 Å². The Morgan fingerprint density at radius 1 is 1.30 bits per heavy atom. The first-order chi connectivity index (χ1) is 12.7. The highest BCUT2D eigenvalue weighted by Crippen LogP contribution is 2.29. The summed E-state index contributed by atoms with van der Waals surface area (Å²) >= 11 is 3.21. The molecule has 2 aromatic rings. The molecule has 1 unspecified atom stereocenters. The SMILES string of the molecule is O=C(NC1CCN(c2cccc(OC(F)(F)F)c2)C1=O)c1cncc(Br)c1. The highest BCUT2D eigenvalue weighted by atomic mass is 79.9. The standard InChI is InChI=1S/C17H13BrF3N3O3/c18-11-6-10(8-22-9-11)15(25)23-14-4-5-24(16(14)26)12-2-1-3-13(7-12)27-17(19,20)21/h1-3,6-9,14H,4-5H2,(H,23,25). The van der Waals surface area contributed by atoms with Crippen molar-refractivity contribution < 1.29 is 27.5 Å². The van der Waals surface area contributed by atoms with Gasteiger partial charge in [-0.15, -0.1) is 13.2 Å². The summed E-state index contributed by atoms with van der Waals surface area (Å²) < 4.78 is 41.6. The molecule has 1 atom stereocenters. The number of carbonyl (C=O) groups is 2. The molecular formula is C17H13BrF3N3O3. The van der Waals surface area contributed by atoms with Crippen molar-refractivity contribution in [2.75, 3.05) is 11.4 Å². The normalized spacial score (nSPS) is 17.1. The molecule has 27 heavy (non-hydrogen) atoms. The zero-order chi connectivity index (χ0) is 19.6. The first-order valence-electron chi connectivity index (χ1n) is 7.81. The number of alkyl halides is 3. The summed E-state index contributed by atoms with van der Waals surface area (Å²) in [6.07, 6.45) is -1.59. The van der Waals surface area contributed by atoms with Crippen LogP contribution in [0.5, 0.6) is 5.75 Å². The third kappa shape index (κ3) is 4.76. The van der Waals surface area contributed by atoms with E-state index in [2.05, 4.69) is 31.0 Å². The van der Waals surface area contributed by atoms with Crippen LogP contribution < -0.4 is 15.0 Å². The van der Waals surface area contributed by atoms with Gasteiger partial charge < -0.3 is 15.0 Å². The van der Waals surface area contributed by atoms with E-state index in [1.54, 1.807) is 6.07 Å². The van der Waals surface area contributed by atoms with Gasteiger partial charge in [-0.05, 0) is 40.5 Å². The van der Waals surface area contributed by atoms with Gasteiger partial charge in [0.2, 0.25) is 5.91 Å². The molecule has 1 saturated heterocycles. The number of carbonyl (C=O) groups excluding carboxylic acids is 2. The maximum absolute atomic E-state index is 12.6. The molecule has 0 spiro atoms. The first kappa shape index (κ1) is 19.2. The fourth-order valence-electron chi connectivity index (χ4n) is 2.70. The van der Waals surface area contributed by atoms with E-state index >= 15 is 0 Å². The Labute approximate surface area is 160 Å². The molecule has 3 rings (SSSR count). The van der Waals surface area contributed by atoms with E-state index in [0.717, 1.165) is 12.1 Å². The minimum Gasteiger partial charge on any atom is -0.406 e. The lowest BCUT2D eigenvalue weighted by Crippen LogP contribution is -2.41. The summed E-state index contributed by atoms with van der Waals surface area (Å²) in [5, 5.41) is 2.62. The van der Waals surface area contributed by atoms with Crippen molar-refractivity contribution >= 4 is 33.4 Å². The van der Waals surface area contributed by atoms with Crippen molar-refractivity contribution in [3.8, 4) is 5.75 Å². The van der Waals surface area contributed by atoms with Crippen LogP contribution in [0.3, 0.4) is 0 Å². The summed E-state index contributed by atoms with van der Waals surface area (Å²) in [7, 11) is 0. The smallest absolute Gasteiger partial charge is 0.406 e. The van der Waals surface area contributed by atoms with Crippen LogP contribution in [-0.2, 0) is 4.79 Å². The number of rotatable bonds is 4. The van der Waals surface area contributed by atoms with Gasteiger partial charge in [0.25, 0.3) is 5.91 Å². The summed E-state index contributed by atoms with van der Waals surface area (Å²) in [6.45, 7) is 0.260. The van der Waals surface area contributed by atoms with Crippen molar-refractivity contribution in [1.29, 1.82) is 0 Å². The minimum atomic E-state index is -4.82. The summed E-state index contributed by atoms with van der Waals surface area (Å²) in [4.78, 5) is 30.0. The maximum Gasteiger partial charge on any atom is 0.573 e. The third-order valence-electron chi connectivity index (χ3n) is 3.84. The molecule has 1 aromatic heterocycles. The lowest BCUT2D eigenvalue weighted by atomic mass is 10.2. The Bertz CT molecular complexity index is 876. The molecule has 0 radical (unpaired) electrons. The van der Waals surface area contributed by atoms with Crippen LogP contribution in [0.2, 0.25) is 0 Å². The number of nitrogens with one attached hydrogen (secondary N) is 1. The van der Waals surface area contributed by atoms with E-state index in [9.17, 15) is 22.8 Å². The summed E-state index contributed by atoms with van der Waals surface area (Å²) in [5.41, 5.74) is 0.554. The number of aromatic nitrogens is 1. The lowest BCUT2D eigenvalue weighted by Gasteiger charge is -2.18. The van der Waals surface area contributed by atoms with E-state index in [1.165, 1.54) is 29.4 Å². The van der Waals surface area contributed by atoms with Gasteiger partial charge in [-0.25, -0.2) is 0 Å². The van der Waals surface area contributed by atoms with Crippen LogP contribution in [0, 0.1) is 0 Å². The van der Waals surface area contributed by atoms with Gasteiger partial charge in [0.05, 0.1) is 5.56 Å². The quantitative estimate of drug-likeness (QED) is 0.786. The maximum atomic E-state index is 12.6. The largest absolute Gasteiger partial charge is 0.573 e. The molecule has 1 fully saturated rings. The molecule has 0 aliphatic carbocycles. The van der Waals surface area contributed by atoms with Crippen LogP contribution >= 0.6 is 15.9 Å². The van der Waals surface area contributed by atoms with Gasteiger partial charge >= 0.3 is 6.36 Å². The Kier molecular flexibility index (Phi) is 5.36. The number of hydrogen-bond donors (Lipinski definition) is 1. The number of anilines is 1. The van der Waals surface area contributed by atoms with E-state index in [0.29, 0.717) is 10.9 Å². The highest BCUT2D eigenvalue weighted by molar-refractivity contribution is 9.10. The molecule has 1 aliphatic rings. The van der Waals surface area contributed by atoms with Gasteiger partial charge in [-0.2, -0.15) is 0 Å². The van der Waals surface area contributed by atoms with Crippen molar-refractivity contribution in [2.24, 2.45) is 0 Å².